The highest BCUT2D eigenvalue weighted by molar-refractivity contribution is 6.30. The third-order valence-corrected chi connectivity index (χ3v) is 4.55. The number of esters is 1. The van der Waals surface area contributed by atoms with Gasteiger partial charge in [-0.1, -0.05) is 35.9 Å². The average Bonchev–Trinajstić information content (AvgIpc) is 3.24. The molecule has 1 atom stereocenters. The van der Waals surface area contributed by atoms with Crippen LogP contribution in [0.5, 0.6) is 5.75 Å². The van der Waals surface area contributed by atoms with Gasteiger partial charge in [0, 0.05) is 18.2 Å². The standard InChI is InChI=1S/C21H22ClNO5/c22-16-9-7-15(8-10-16)13-27-19-6-2-1-5-18(19)21(25)28-14-20(24)23-12-17-4-3-11-26-17/h1-2,5-10,17H,3-4,11-14H2,(H,23,24)/t17-/m0/s1. The molecule has 0 spiro atoms. The van der Waals surface area contributed by atoms with Crippen molar-refractivity contribution in [2.45, 2.75) is 25.6 Å². The van der Waals surface area contributed by atoms with Gasteiger partial charge < -0.3 is 19.5 Å². The van der Waals surface area contributed by atoms with Crippen LogP contribution in [-0.4, -0.2) is 37.7 Å². The normalized spacial score (nSPS) is 15.8. The third kappa shape index (κ3) is 5.97. The topological polar surface area (TPSA) is 73.9 Å². The van der Waals surface area contributed by atoms with Crippen LogP contribution in [0.3, 0.4) is 0 Å². The van der Waals surface area contributed by atoms with Gasteiger partial charge >= 0.3 is 5.97 Å². The van der Waals surface area contributed by atoms with Crippen LogP contribution >= 0.6 is 11.6 Å². The van der Waals surface area contributed by atoms with E-state index in [4.69, 9.17) is 25.8 Å². The van der Waals surface area contributed by atoms with Crippen LogP contribution in [0.4, 0.5) is 0 Å². The summed E-state index contributed by atoms with van der Waals surface area (Å²) in [4.78, 5) is 24.2. The lowest BCUT2D eigenvalue weighted by molar-refractivity contribution is -0.124. The molecule has 7 heteroatoms. The van der Waals surface area contributed by atoms with Crippen molar-refractivity contribution in [2.24, 2.45) is 0 Å². The Bertz CT molecular complexity index is 803. The number of benzene rings is 2. The van der Waals surface area contributed by atoms with Gasteiger partial charge in [-0.3, -0.25) is 4.79 Å². The highest BCUT2D eigenvalue weighted by Crippen LogP contribution is 2.21. The van der Waals surface area contributed by atoms with Crippen molar-refractivity contribution in [2.75, 3.05) is 19.8 Å². The Morgan fingerprint density at radius 3 is 2.68 bits per heavy atom. The molecule has 2 aromatic carbocycles. The van der Waals surface area contributed by atoms with Gasteiger partial charge in [-0.2, -0.15) is 0 Å². The van der Waals surface area contributed by atoms with Gasteiger partial charge in [0.25, 0.3) is 5.91 Å². The Hall–Kier alpha value is -2.57. The maximum atomic E-state index is 12.4. The number of amides is 1. The fraction of sp³-hybridized carbons (Fsp3) is 0.333. The Morgan fingerprint density at radius 2 is 1.93 bits per heavy atom. The van der Waals surface area contributed by atoms with Crippen LogP contribution in [0, 0.1) is 0 Å². The molecule has 0 saturated carbocycles. The van der Waals surface area contributed by atoms with Crippen molar-refractivity contribution in [1.82, 2.24) is 5.32 Å². The maximum absolute atomic E-state index is 12.4. The van der Waals surface area contributed by atoms with E-state index in [9.17, 15) is 9.59 Å². The first kappa shape index (κ1) is 20.2. The number of ether oxygens (including phenoxy) is 3. The summed E-state index contributed by atoms with van der Waals surface area (Å²) in [5, 5.41) is 3.36. The van der Waals surface area contributed by atoms with E-state index >= 15 is 0 Å². The number of halogens is 1. The van der Waals surface area contributed by atoms with Crippen LogP contribution in [-0.2, 0) is 20.9 Å². The van der Waals surface area contributed by atoms with E-state index in [2.05, 4.69) is 5.32 Å². The summed E-state index contributed by atoms with van der Waals surface area (Å²) in [5.74, 6) is -0.579. The molecule has 1 saturated heterocycles. The van der Waals surface area contributed by atoms with Crippen molar-refractivity contribution < 1.29 is 23.8 Å². The molecule has 3 rings (SSSR count). The summed E-state index contributed by atoms with van der Waals surface area (Å²) < 4.78 is 16.3. The minimum absolute atomic E-state index is 0.0432. The van der Waals surface area contributed by atoms with E-state index in [0.717, 1.165) is 25.0 Å². The quantitative estimate of drug-likeness (QED) is 0.684. The number of hydrogen-bond donors (Lipinski definition) is 1. The SMILES string of the molecule is O=C(COC(=O)c1ccccc1OCc1ccc(Cl)cc1)NC[C@@H]1CCCO1. The minimum Gasteiger partial charge on any atom is -0.488 e. The largest absolute Gasteiger partial charge is 0.488 e. The molecule has 6 nitrogen and oxygen atoms in total. The third-order valence-electron chi connectivity index (χ3n) is 4.30. The minimum atomic E-state index is -0.612. The molecule has 0 aliphatic carbocycles. The monoisotopic (exact) mass is 403 g/mol. The van der Waals surface area contributed by atoms with E-state index in [-0.39, 0.29) is 30.8 Å². The molecule has 1 aliphatic heterocycles. The fourth-order valence-corrected chi connectivity index (χ4v) is 2.92. The van der Waals surface area contributed by atoms with Gasteiger partial charge in [-0.15, -0.1) is 0 Å². The van der Waals surface area contributed by atoms with Crippen molar-refractivity contribution in [1.29, 1.82) is 0 Å². The van der Waals surface area contributed by atoms with Crippen LogP contribution in [0.25, 0.3) is 0 Å². The number of carbonyl (C=O) groups excluding carboxylic acids is 2. The highest BCUT2D eigenvalue weighted by atomic mass is 35.5. The molecule has 0 aromatic heterocycles. The van der Waals surface area contributed by atoms with Crippen molar-refractivity contribution in [3.05, 3.63) is 64.7 Å². The number of para-hydroxylation sites is 1. The number of hydrogen-bond acceptors (Lipinski definition) is 5. The molecule has 148 valence electrons. The number of rotatable bonds is 8. The molecule has 0 unspecified atom stereocenters. The maximum Gasteiger partial charge on any atom is 0.342 e. The second kappa shape index (κ2) is 10.1. The van der Waals surface area contributed by atoms with Crippen LogP contribution in [0.2, 0.25) is 5.02 Å². The second-order valence-electron chi connectivity index (χ2n) is 6.43. The molecular formula is C21H22ClNO5. The Morgan fingerprint density at radius 1 is 1.14 bits per heavy atom. The lowest BCUT2D eigenvalue weighted by Crippen LogP contribution is -2.34. The van der Waals surface area contributed by atoms with Crippen molar-refractivity contribution in [3.63, 3.8) is 0 Å². The van der Waals surface area contributed by atoms with E-state index in [0.29, 0.717) is 17.3 Å². The summed E-state index contributed by atoms with van der Waals surface area (Å²) in [6, 6.07) is 14.0. The van der Waals surface area contributed by atoms with E-state index < -0.39 is 5.97 Å². The molecule has 0 radical (unpaired) electrons. The molecule has 2 aromatic rings. The first-order valence-corrected chi connectivity index (χ1v) is 9.51. The Labute approximate surface area is 168 Å². The molecular weight excluding hydrogens is 382 g/mol. The molecule has 1 aliphatic rings. The lowest BCUT2D eigenvalue weighted by atomic mass is 10.2. The summed E-state index contributed by atoms with van der Waals surface area (Å²) >= 11 is 5.87. The molecule has 1 heterocycles. The van der Waals surface area contributed by atoms with Gasteiger partial charge in [-0.05, 0) is 42.7 Å². The predicted octanol–water partition coefficient (Wildman–Crippen LogP) is 3.37. The fourth-order valence-electron chi connectivity index (χ4n) is 2.80. The van der Waals surface area contributed by atoms with Gasteiger partial charge in [0.15, 0.2) is 6.61 Å². The van der Waals surface area contributed by atoms with Crippen molar-refractivity contribution >= 4 is 23.5 Å². The van der Waals surface area contributed by atoms with Gasteiger partial charge in [0.05, 0.1) is 6.10 Å². The van der Waals surface area contributed by atoms with Crippen LogP contribution in [0.15, 0.2) is 48.5 Å². The highest BCUT2D eigenvalue weighted by Gasteiger charge is 2.18. The predicted molar refractivity (Wildman–Crippen MR) is 104 cm³/mol. The summed E-state index contributed by atoms with van der Waals surface area (Å²) in [6.07, 6.45) is 1.97. The summed E-state index contributed by atoms with van der Waals surface area (Å²) in [5.41, 5.74) is 1.18. The van der Waals surface area contributed by atoms with Crippen LogP contribution < -0.4 is 10.1 Å². The molecule has 0 bridgehead atoms. The number of nitrogens with one attached hydrogen (secondary N) is 1. The van der Waals surface area contributed by atoms with E-state index in [1.54, 1.807) is 36.4 Å². The first-order valence-electron chi connectivity index (χ1n) is 9.13. The molecule has 1 fully saturated rings. The Balaban J connectivity index is 1.50. The van der Waals surface area contributed by atoms with Gasteiger partial charge in [0.1, 0.15) is 17.9 Å². The molecule has 1 N–H and O–H groups in total. The zero-order valence-electron chi connectivity index (χ0n) is 15.4. The zero-order chi connectivity index (χ0) is 19.8. The average molecular weight is 404 g/mol. The summed E-state index contributed by atoms with van der Waals surface area (Å²) in [6.45, 7) is 1.08. The molecule has 1 amide bonds. The van der Waals surface area contributed by atoms with Crippen LogP contribution in [0.1, 0.15) is 28.8 Å². The summed E-state index contributed by atoms with van der Waals surface area (Å²) in [7, 11) is 0. The zero-order valence-corrected chi connectivity index (χ0v) is 16.1. The first-order chi connectivity index (χ1) is 13.6. The second-order valence-corrected chi connectivity index (χ2v) is 6.86. The molecule has 28 heavy (non-hydrogen) atoms. The number of carbonyl (C=O) groups is 2. The Kier molecular flexibility index (Phi) is 7.28. The van der Waals surface area contributed by atoms with Gasteiger partial charge in [0.2, 0.25) is 0 Å². The lowest BCUT2D eigenvalue weighted by Gasteiger charge is -2.12. The smallest absolute Gasteiger partial charge is 0.342 e. The van der Waals surface area contributed by atoms with E-state index in [1.807, 2.05) is 12.1 Å². The van der Waals surface area contributed by atoms with E-state index in [1.165, 1.54) is 0 Å². The van der Waals surface area contributed by atoms with Gasteiger partial charge in [-0.25, -0.2) is 4.79 Å². The van der Waals surface area contributed by atoms with Crippen molar-refractivity contribution in [3.8, 4) is 5.75 Å².